The van der Waals surface area contributed by atoms with Gasteiger partial charge in [-0.2, -0.15) is 0 Å². The normalized spacial score (nSPS) is 17.5. The van der Waals surface area contributed by atoms with Gasteiger partial charge in [-0.25, -0.2) is 0 Å². The fraction of sp³-hybridized carbons (Fsp3) is 0.345. The van der Waals surface area contributed by atoms with Crippen molar-refractivity contribution in [2.45, 2.75) is 64.5 Å². The monoisotopic (exact) mass is 453 g/mol. The van der Waals surface area contributed by atoms with E-state index in [-0.39, 0.29) is 5.41 Å². The van der Waals surface area contributed by atoms with Gasteiger partial charge in [-0.05, 0) is 45.3 Å². The third-order valence-corrected chi connectivity index (χ3v) is 15.2. The Hall–Kier alpha value is -2.24. The van der Waals surface area contributed by atoms with Crippen molar-refractivity contribution >= 4 is 48.1 Å². The van der Waals surface area contributed by atoms with Crippen LogP contribution in [0.25, 0.3) is 32.8 Å². The van der Waals surface area contributed by atoms with Crippen LogP contribution in [-0.4, -0.2) is 21.1 Å². The molecule has 0 saturated carbocycles. The molecular formula is C29H35NSi2. The summed E-state index contributed by atoms with van der Waals surface area (Å²) in [5, 5.41) is 8.87. The Labute approximate surface area is 194 Å². The second-order valence-corrected chi connectivity index (χ2v) is 21.6. The van der Waals surface area contributed by atoms with E-state index in [0.717, 1.165) is 5.69 Å². The van der Waals surface area contributed by atoms with E-state index in [9.17, 15) is 0 Å². The molecule has 2 heterocycles. The average molecular weight is 454 g/mol. The highest BCUT2D eigenvalue weighted by Gasteiger charge is 2.40. The van der Waals surface area contributed by atoms with E-state index >= 15 is 0 Å². The highest BCUT2D eigenvalue weighted by atomic mass is 28.3. The van der Waals surface area contributed by atoms with E-state index in [0.29, 0.717) is 0 Å². The average Bonchev–Trinajstić information content (AvgIpc) is 2.74. The highest BCUT2D eigenvalue weighted by molar-refractivity contribution is 7.04. The first-order chi connectivity index (χ1) is 15.0. The third kappa shape index (κ3) is 3.37. The van der Waals surface area contributed by atoms with Crippen molar-refractivity contribution in [1.29, 1.82) is 0 Å². The molecule has 1 aromatic heterocycles. The number of hydrogen-bond donors (Lipinski definition) is 0. The minimum atomic E-state index is -1.47. The van der Waals surface area contributed by atoms with E-state index in [2.05, 4.69) is 108 Å². The molecular weight excluding hydrogens is 418 g/mol. The molecule has 0 radical (unpaired) electrons. The molecule has 1 nitrogen and oxygen atoms in total. The van der Waals surface area contributed by atoms with Crippen molar-refractivity contribution in [3.8, 4) is 11.3 Å². The van der Waals surface area contributed by atoms with Crippen LogP contribution in [0.5, 0.6) is 0 Å². The Morgan fingerprint density at radius 2 is 1.47 bits per heavy atom. The fourth-order valence-corrected chi connectivity index (χ4v) is 16.4. The zero-order chi connectivity index (χ0) is 22.9. The van der Waals surface area contributed by atoms with Gasteiger partial charge in [0, 0.05) is 17.1 Å². The van der Waals surface area contributed by atoms with Gasteiger partial charge in [0.1, 0.15) is 0 Å². The molecule has 0 fully saturated rings. The summed E-state index contributed by atoms with van der Waals surface area (Å²) in [6.45, 7) is 17.2. The van der Waals surface area contributed by atoms with Crippen LogP contribution in [0, 0.1) is 0 Å². The Kier molecular flexibility index (Phi) is 4.81. The zero-order valence-corrected chi connectivity index (χ0v) is 22.6. The Balaban J connectivity index is 1.83. The SMILES string of the molecule is CC(C)(C)c1cc(-c2nccc3c4c(ccc23)[Si](C)(C)CC[Si]4(C)C)cc2ccccc12. The van der Waals surface area contributed by atoms with Crippen molar-refractivity contribution in [1.82, 2.24) is 4.98 Å². The van der Waals surface area contributed by atoms with Gasteiger partial charge in [-0.1, -0.05) is 106 Å². The Morgan fingerprint density at radius 3 is 2.22 bits per heavy atom. The van der Waals surface area contributed by atoms with Crippen molar-refractivity contribution < 1.29 is 0 Å². The van der Waals surface area contributed by atoms with Crippen LogP contribution < -0.4 is 10.4 Å². The number of nitrogens with zero attached hydrogens (tertiary/aromatic N) is 1. The standard InChI is InChI=1S/C29H35NSi2/c1-29(2,3)25-19-21(18-20-10-8-9-11-22(20)25)27-23-12-13-26-28(24(23)14-15-30-27)32(6,7)17-16-31(26,4)5/h8-15,18-19H,16-17H2,1-7H3. The van der Waals surface area contributed by atoms with E-state index in [1.807, 2.05) is 0 Å². The minimum Gasteiger partial charge on any atom is -0.256 e. The lowest BCUT2D eigenvalue weighted by Crippen LogP contribution is -2.63. The molecule has 5 rings (SSSR count). The molecule has 0 amide bonds. The first kappa shape index (κ1) is 21.6. The molecule has 0 unspecified atom stereocenters. The van der Waals surface area contributed by atoms with Crippen LogP contribution in [0.4, 0.5) is 0 Å². The minimum absolute atomic E-state index is 0.0733. The van der Waals surface area contributed by atoms with Gasteiger partial charge >= 0.3 is 0 Å². The van der Waals surface area contributed by atoms with Crippen LogP contribution in [-0.2, 0) is 5.41 Å². The number of rotatable bonds is 1. The lowest BCUT2D eigenvalue weighted by molar-refractivity contribution is 0.596. The van der Waals surface area contributed by atoms with Gasteiger partial charge in [-0.3, -0.25) is 4.98 Å². The molecule has 0 aliphatic carbocycles. The third-order valence-electron chi connectivity index (χ3n) is 7.67. The predicted molar refractivity (Wildman–Crippen MR) is 147 cm³/mol. The molecule has 0 bridgehead atoms. The number of pyridine rings is 1. The van der Waals surface area contributed by atoms with Crippen LogP contribution in [0.3, 0.4) is 0 Å². The first-order valence-electron chi connectivity index (χ1n) is 12.0. The number of aromatic nitrogens is 1. The highest BCUT2D eigenvalue weighted by Crippen LogP contribution is 2.37. The maximum Gasteiger partial charge on any atom is 0.0810 e. The summed E-state index contributed by atoms with van der Waals surface area (Å²) in [4.78, 5) is 4.97. The van der Waals surface area contributed by atoms with Gasteiger partial charge in [-0.15, -0.1) is 0 Å². The van der Waals surface area contributed by atoms with Crippen molar-refractivity contribution in [3.05, 3.63) is 66.4 Å². The number of hydrogen-bond acceptors (Lipinski definition) is 1. The van der Waals surface area contributed by atoms with Gasteiger partial charge in [0.05, 0.1) is 21.8 Å². The summed E-state index contributed by atoms with van der Waals surface area (Å²) in [6.07, 6.45) is 2.05. The molecule has 4 aromatic rings. The van der Waals surface area contributed by atoms with E-state index < -0.39 is 16.1 Å². The molecule has 0 N–H and O–H groups in total. The molecule has 164 valence electrons. The van der Waals surface area contributed by atoms with E-state index in [1.165, 1.54) is 44.8 Å². The Bertz CT molecular complexity index is 1360. The zero-order valence-electron chi connectivity index (χ0n) is 20.6. The largest absolute Gasteiger partial charge is 0.256 e. The molecule has 0 saturated heterocycles. The van der Waals surface area contributed by atoms with Crippen molar-refractivity contribution in [2.75, 3.05) is 0 Å². The van der Waals surface area contributed by atoms with E-state index in [1.54, 1.807) is 10.4 Å². The molecule has 0 atom stereocenters. The molecule has 3 heteroatoms. The maximum atomic E-state index is 4.97. The van der Waals surface area contributed by atoms with Gasteiger partial charge in [0.25, 0.3) is 0 Å². The molecule has 32 heavy (non-hydrogen) atoms. The lowest BCUT2D eigenvalue weighted by atomic mass is 9.82. The number of fused-ring (bicyclic) bond motifs is 4. The fourth-order valence-electron chi connectivity index (χ4n) is 5.73. The second kappa shape index (κ2) is 7.13. The second-order valence-electron chi connectivity index (χ2n) is 12.0. The molecule has 1 aliphatic heterocycles. The van der Waals surface area contributed by atoms with Crippen molar-refractivity contribution in [2.24, 2.45) is 0 Å². The smallest absolute Gasteiger partial charge is 0.0810 e. The predicted octanol–water partition coefficient (Wildman–Crippen LogP) is 7.20. The Morgan fingerprint density at radius 1 is 0.750 bits per heavy atom. The van der Waals surface area contributed by atoms with Crippen LogP contribution in [0.1, 0.15) is 26.3 Å². The van der Waals surface area contributed by atoms with Gasteiger partial charge in [0.15, 0.2) is 0 Å². The van der Waals surface area contributed by atoms with Crippen LogP contribution in [0.2, 0.25) is 38.3 Å². The summed E-state index contributed by atoms with van der Waals surface area (Å²) in [5.74, 6) is 0. The van der Waals surface area contributed by atoms with Crippen molar-refractivity contribution in [3.63, 3.8) is 0 Å². The first-order valence-corrected chi connectivity index (χ1v) is 18.4. The summed E-state index contributed by atoms with van der Waals surface area (Å²) >= 11 is 0. The van der Waals surface area contributed by atoms with Crippen LogP contribution in [0.15, 0.2) is 60.8 Å². The maximum absolute atomic E-state index is 4.97. The number of benzene rings is 3. The van der Waals surface area contributed by atoms with Gasteiger partial charge < -0.3 is 0 Å². The summed E-state index contributed by atoms with van der Waals surface area (Å²) in [6, 6.07) is 23.5. The van der Waals surface area contributed by atoms with E-state index in [4.69, 9.17) is 4.98 Å². The summed E-state index contributed by atoms with van der Waals surface area (Å²) in [5.41, 5.74) is 3.84. The molecule has 0 spiro atoms. The summed E-state index contributed by atoms with van der Waals surface area (Å²) < 4.78 is 0. The topological polar surface area (TPSA) is 12.9 Å². The summed E-state index contributed by atoms with van der Waals surface area (Å²) in [7, 11) is -2.84. The molecule has 3 aromatic carbocycles. The molecule has 1 aliphatic rings. The quantitative estimate of drug-likeness (QED) is 0.278. The van der Waals surface area contributed by atoms with Crippen LogP contribution >= 0.6 is 0 Å². The van der Waals surface area contributed by atoms with Gasteiger partial charge in [0.2, 0.25) is 0 Å². The lowest BCUT2D eigenvalue weighted by Gasteiger charge is -2.40.